The van der Waals surface area contributed by atoms with Crippen LogP contribution in [0.3, 0.4) is 0 Å². The lowest BCUT2D eigenvalue weighted by atomic mass is 10.4. The summed E-state index contributed by atoms with van der Waals surface area (Å²) in [5, 5.41) is 17.8. The molecule has 2 aromatic rings. The molecule has 2 N–H and O–H groups in total. The van der Waals surface area contributed by atoms with Crippen molar-refractivity contribution in [2.45, 2.75) is 6.92 Å². The third kappa shape index (κ3) is 3.85. The minimum atomic E-state index is -0.969. The van der Waals surface area contributed by atoms with Crippen molar-refractivity contribution >= 4 is 24.1 Å². The number of allylic oxidation sites excluding steroid dienone is 1. The predicted molar refractivity (Wildman–Crippen MR) is 83.0 cm³/mol. The van der Waals surface area contributed by atoms with Crippen molar-refractivity contribution in [2.24, 2.45) is 4.99 Å². The second-order valence-electron chi connectivity index (χ2n) is 4.36. The maximum Gasteiger partial charge on any atom is 0.412 e. The molecule has 1 aliphatic rings. The summed E-state index contributed by atoms with van der Waals surface area (Å²) in [7, 11) is 0. The summed E-state index contributed by atoms with van der Waals surface area (Å²) in [4.78, 5) is 34.0. The fourth-order valence-electron chi connectivity index (χ4n) is 1.77. The van der Waals surface area contributed by atoms with E-state index in [1.165, 1.54) is 16.8 Å². The summed E-state index contributed by atoms with van der Waals surface area (Å²) in [6.07, 6.45) is 6.76. The van der Waals surface area contributed by atoms with Gasteiger partial charge in [-0.05, 0) is 19.1 Å². The van der Waals surface area contributed by atoms with Crippen LogP contribution >= 0.6 is 0 Å². The number of hydrogen-bond acceptors (Lipinski definition) is 7. The summed E-state index contributed by atoms with van der Waals surface area (Å²) in [6.45, 7) is 2.15. The maximum absolute atomic E-state index is 11.5. The van der Waals surface area contributed by atoms with E-state index >= 15 is 0 Å². The van der Waals surface area contributed by atoms with Crippen LogP contribution in [0, 0.1) is 0 Å². The number of rotatable bonds is 2. The van der Waals surface area contributed by atoms with E-state index in [1.807, 2.05) is 0 Å². The molecule has 10 heteroatoms. The molecule has 3 rings (SSSR count). The van der Waals surface area contributed by atoms with Gasteiger partial charge in [-0.2, -0.15) is 4.98 Å². The van der Waals surface area contributed by atoms with Gasteiger partial charge in [0, 0.05) is 24.8 Å². The van der Waals surface area contributed by atoms with Crippen molar-refractivity contribution in [3.63, 3.8) is 0 Å². The molecule has 3 heterocycles. The van der Waals surface area contributed by atoms with Crippen LogP contribution < -0.4 is 0 Å². The Morgan fingerprint density at radius 1 is 1.42 bits per heavy atom. The molecule has 0 aromatic carbocycles. The molecular formula is C14H15N5O5. The second-order valence-corrected chi connectivity index (χ2v) is 4.36. The predicted octanol–water partition coefficient (Wildman–Crippen LogP) is 1.13. The van der Waals surface area contributed by atoms with E-state index in [1.54, 1.807) is 31.5 Å². The quantitative estimate of drug-likeness (QED) is 0.788. The molecule has 2 aromatic heterocycles. The first-order valence-corrected chi connectivity index (χ1v) is 6.90. The Balaban J connectivity index is 0.000000198. The Morgan fingerprint density at radius 2 is 2.21 bits per heavy atom. The normalized spacial score (nSPS) is 12.6. The lowest BCUT2D eigenvalue weighted by molar-refractivity contribution is 0.0514. The van der Waals surface area contributed by atoms with Gasteiger partial charge in [-0.25, -0.2) is 14.6 Å². The van der Waals surface area contributed by atoms with Crippen molar-refractivity contribution in [3.05, 3.63) is 36.4 Å². The van der Waals surface area contributed by atoms with Gasteiger partial charge in [-0.3, -0.25) is 14.3 Å². The summed E-state index contributed by atoms with van der Waals surface area (Å²) in [5.41, 5.74) is -0.0000463. The van der Waals surface area contributed by atoms with Crippen LogP contribution in [0.5, 0.6) is 5.88 Å². The zero-order chi connectivity index (χ0) is 17.5. The van der Waals surface area contributed by atoms with Gasteiger partial charge in [0.05, 0.1) is 6.61 Å². The highest BCUT2D eigenvalue weighted by atomic mass is 16.5. The number of hydrogen-bond donors (Lipinski definition) is 2. The second kappa shape index (κ2) is 7.72. The Labute approximate surface area is 136 Å². The van der Waals surface area contributed by atoms with Crippen molar-refractivity contribution in [1.82, 2.24) is 19.3 Å². The van der Waals surface area contributed by atoms with Gasteiger partial charge in [0.2, 0.25) is 11.7 Å². The van der Waals surface area contributed by atoms with Crippen molar-refractivity contribution in [2.75, 3.05) is 13.3 Å². The minimum Gasteiger partial charge on any atom is -0.492 e. The number of carbonyl (C=O) groups is 2. The number of amides is 1. The molecule has 0 aliphatic carbocycles. The highest BCUT2D eigenvalue weighted by molar-refractivity contribution is 5.91. The SMILES string of the molecule is CCOC(=O)c1c(O)nc2ncccn12.O=C(O)N1C=CC=NC1. The summed E-state index contributed by atoms with van der Waals surface area (Å²) in [5.74, 6) is -0.722. The molecule has 0 fully saturated rings. The van der Waals surface area contributed by atoms with Crippen molar-refractivity contribution in [1.29, 1.82) is 0 Å². The lowest BCUT2D eigenvalue weighted by Crippen LogP contribution is -2.25. The van der Waals surface area contributed by atoms with Gasteiger partial charge < -0.3 is 14.9 Å². The molecule has 0 bridgehead atoms. The molecule has 126 valence electrons. The monoisotopic (exact) mass is 333 g/mol. The van der Waals surface area contributed by atoms with E-state index in [2.05, 4.69) is 15.0 Å². The number of imidazole rings is 1. The molecule has 24 heavy (non-hydrogen) atoms. The van der Waals surface area contributed by atoms with Crippen LogP contribution in [0.2, 0.25) is 0 Å². The highest BCUT2D eigenvalue weighted by Crippen LogP contribution is 2.17. The fourth-order valence-corrected chi connectivity index (χ4v) is 1.77. The average molecular weight is 333 g/mol. The molecule has 0 radical (unpaired) electrons. The number of carboxylic acid groups (broad SMARTS) is 1. The number of aliphatic imine (C=N–C) groups is 1. The Kier molecular flexibility index (Phi) is 5.45. The van der Waals surface area contributed by atoms with Crippen LogP contribution in [0.4, 0.5) is 4.79 Å². The van der Waals surface area contributed by atoms with E-state index in [0.717, 1.165) is 4.90 Å². The molecule has 1 amide bonds. The summed E-state index contributed by atoms with van der Waals surface area (Å²) < 4.78 is 6.17. The molecule has 0 saturated heterocycles. The number of aromatic nitrogens is 3. The van der Waals surface area contributed by atoms with Gasteiger partial charge in [0.15, 0.2) is 5.69 Å². The Morgan fingerprint density at radius 3 is 2.79 bits per heavy atom. The first-order chi connectivity index (χ1) is 11.5. The zero-order valence-corrected chi connectivity index (χ0v) is 12.7. The van der Waals surface area contributed by atoms with E-state index in [4.69, 9.17) is 9.84 Å². The topological polar surface area (TPSA) is 130 Å². The first-order valence-electron chi connectivity index (χ1n) is 6.90. The molecule has 1 aliphatic heterocycles. The van der Waals surface area contributed by atoms with Crippen LogP contribution in [0.25, 0.3) is 5.78 Å². The molecule has 0 saturated carbocycles. The number of ether oxygens (including phenoxy) is 1. The molecular weight excluding hydrogens is 318 g/mol. The van der Waals surface area contributed by atoms with E-state index in [9.17, 15) is 14.7 Å². The number of esters is 1. The van der Waals surface area contributed by atoms with Gasteiger partial charge in [0.1, 0.15) is 6.67 Å². The van der Waals surface area contributed by atoms with Gasteiger partial charge in [0.25, 0.3) is 0 Å². The number of aromatic hydroxyl groups is 1. The standard InChI is InChI=1S/C9H9N3O3.C5H6N2O2/c1-2-15-8(14)6-7(13)11-9-10-4-3-5-12(6)9;8-5(9)7-3-1-2-6-4-7/h3-5,13H,2H2,1H3;1-3H,4H2,(H,8,9). The largest absolute Gasteiger partial charge is 0.492 e. The molecule has 0 atom stereocenters. The van der Waals surface area contributed by atoms with Gasteiger partial charge in [-0.15, -0.1) is 0 Å². The number of nitrogens with zero attached hydrogens (tertiary/aromatic N) is 5. The van der Waals surface area contributed by atoms with E-state index in [-0.39, 0.29) is 30.6 Å². The average Bonchev–Trinajstić information content (AvgIpc) is 2.92. The van der Waals surface area contributed by atoms with Crippen molar-refractivity contribution < 1.29 is 24.5 Å². The zero-order valence-electron chi connectivity index (χ0n) is 12.7. The first kappa shape index (κ1) is 16.9. The van der Waals surface area contributed by atoms with Crippen LogP contribution in [0.15, 0.2) is 35.7 Å². The van der Waals surface area contributed by atoms with Gasteiger partial charge in [-0.1, -0.05) is 0 Å². The van der Waals surface area contributed by atoms with Crippen molar-refractivity contribution in [3.8, 4) is 5.88 Å². The minimum absolute atomic E-state index is 0.0000463. The summed E-state index contributed by atoms with van der Waals surface area (Å²) in [6, 6.07) is 1.64. The fraction of sp³-hybridized carbons (Fsp3) is 0.214. The van der Waals surface area contributed by atoms with E-state index < -0.39 is 12.1 Å². The molecule has 0 unspecified atom stereocenters. The third-order valence-electron chi connectivity index (χ3n) is 2.79. The van der Waals surface area contributed by atoms with Crippen LogP contribution in [-0.4, -0.2) is 61.0 Å². The highest BCUT2D eigenvalue weighted by Gasteiger charge is 2.20. The van der Waals surface area contributed by atoms with Crippen LogP contribution in [-0.2, 0) is 4.74 Å². The third-order valence-corrected chi connectivity index (χ3v) is 2.79. The molecule has 10 nitrogen and oxygen atoms in total. The van der Waals surface area contributed by atoms with Crippen LogP contribution in [0.1, 0.15) is 17.4 Å². The smallest absolute Gasteiger partial charge is 0.412 e. The Hall–Kier alpha value is -3.43. The number of fused-ring (bicyclic) bond motifs is 1. The van der Waals surface area contributed by atoms with Gasteiger partial charge >= 0.3 is 12.1 Å². The maximum atomic E-state index is 11.5. The Bertz CT molecular complexity index is 798. The van der Waals surface area contributed by atoms with E-state index in [0.29, 0.717) is 0 Å². The molecule has 0 spiro atoms. The summed E-state index contributed by atoms with van der Waals surface area (Å²) >= 11 is 0. The lowest BCUT2D eigenvalue weighted by Gasteiger charge is -2.12. The number of carbonyl (C=O) groups excluding carboxylic acids is 1.